The van der Waals surface area contributed by atoms with E-state index in [1.54, 1.807) is 30.7 Å². The van der Waals surface area contributed by atoms with Crippen LogP contribution in [0.5, 0.6) is 0 Å². The molecule has 0 unspecified atom stereocenters. The summed E-state index contributed by atoms with van der Waals surface area (Å²) in [5, 5.41) is 0.703. The van der Waals surface area contributed by atoms with Crippen LogP contribution in [0.2, 0.25) is 10.2 Å². The minimum atomic E-state index is 0.273. The lowest BCUT2D eigenvalue weighted by Crippen LogP contribution is -1.88. The number of aromatic nitrogens is 3. The third-order valence-corrected chi connectivity index (χ3v) is 2.32. The smallest absolute Gasteiger partial charge is 0.148 e. The van der Waals surface area contributed by atoms with E-state index in [0.717, 1.165) is 0 Å². The summed E-state index contributed by atoms with van der Waals surface area (Å²) < 4.78 is 0. The minimum absolute atomic E-state index is 0.273. The summed E-state index contributed by atoms with van der Waals surface area (Å²) in [5.41, 5.74) is 1.33. The molecule has 0 amide bonds. The Balaban J connectivity index is 2.48. The lowest BCUT2D eigenvalue weighted by molar-refractivity contribution is 1.18. The first-order valence-electron chi connectivity index (χ1n) is 3.86. The predicted molar refractivity (Wildman–Crippen MR) is 55.3 cm³/mol. The minimum Gasteiger partial charge on any atom is -0.261 e. The molecule has 0 aliphatic heterocycles. The average Bonchev–Trinajstić information content (AvgIpc) is 2.23. The molecule has 0 saturated heterocycles. The Morgan fingerprint density at radius 2 is 1.86 bits per heavy atom. The first-order valence-corrected chi connectivity index (χ1v) is 4.61. The maximum Gasteiger partial charge on any atom is 0.148 e. The number of pyridine rings is 1. The van der Waals surface area contributed by atoms with Crippen LogP contribution in [0.3, 0.4) is 0 Å². The second kappa shape index (κ2) is 3.90. The zero-order chi connectivity index (χ0) is 9.97. The first kappa shape index (κ1) is 9.37. The van der Waals surface area contributed by atoms with Crippen molar-refractivity contribution in [2.45, 2.75) is 0 Å². The van der Waals surface area contributed by atoms with Crippen molar-refractivity contribution in [2.24, 2.45) is 0 Å². The standard InChI is InChI=1S/C9H5Cl2N3/c10-6-1-2-7(14-9(6)11)8-5-12-3-4-13-8/h1-5H. The van der Waals surface area contributed by atoms with Gasteiger partial charge in [-0.2, -0.15) is 0 Å². The zero-order valence-corrected chi connectivity index (χ0v) is 8.50. The van der Waals surface area contributed by atoms with Crippen LogP contribution in [0.15, 0.2) is 30.7 Å². The van der Waals surface area contributed by atoms with Crippen LogP contribution in [0.1, 0.15) is 0 Å². The molecule has 0 radical (unpaired) electrons. The SMILES string of the molecule is Clc1ccc(-c2cnccn2)nc1Cl. The van der Waals surface area contributed by atoms with E-state index < -0.39 is 0 Å². The van der Waals surface area contributed by atoms with E-state index in [1.165, 1.54) is 0 Å². The summed E-state index contributed by atoms with van der Waals surface area (Å²) in [6, 6.07) is 3.43. The topological polar surface area (TPSA) is 38.7 Å². The molecule has 2 aromatic heterocycles. The maximum absolute atomic E-state index is 5.77. The van der Waals surface area contributed by atoms with E-state index in [2.05, 4.69) is 15.0 Å². The van der Waals surface area contributed by atoms with Crippen LogP contribution in [0.4, 0.5) is 0 Å². The molecule has 0 spiro atoms. The average molecular weight is 226 g/mol. The van der Waals surface area contributed by atoms with Gasteiger partial charge in [0.15, 0.2) is 0 Å². The van der Waals surface area contributed by atoms with Gasteiger partial charge >= 0.3 is 0 Å². The molecule has 0 atom stereocenters. The van der Waals surface area contributed by atoms with Crippen LogP contribution < -0.4 is 0 Å². The fourth-order valence-electron chi connectivity index (χ4n) is 0.991. The second-order valence-electron chi connectivity index (χ2n) is 2.56. The largest absolute Gasteiger partial charge is 0.261 e. The molecule has 0 fully saturated rings. The summed E-state index contributed by atoms with van der Waals surface area (Å²) in [6.45, 7) is 0. The number of hydrogen-bond donors (Lipinski definition) is 0. The Bertz CT molecular complexity index is 445. The predicted octanol–water partition coefficient (Wildman–Crippen LogP) is 2.85. The molecule has 5 heteroatoms. The van der Waals surface area contributed by atoms with Gasteiger partial charge < -0.3 is 0 Å². The number of nitrogens with zero attached hydrogens (tertiary/aromatic N) is 3. The van der Waals surface area contributed by atoms with Gasteiger partial charge in [0, 0.05) is 12.4 Å². The molecule has 70 valence electrons. The van der Waals surface area contributed by atoms with Gasteiger partial charge in [0.25, 0.3) is 0 Å². The Labute approximate surface area is 90.8 Å². The Hall–Kier alpha value is -1.19. The van der Waals surface area contributed by atoms with Crippen molar-refractivity contribution in [3.05, 3.63) is 40.9 Å². The summed E-state index contributed by atoms with van der Waals surface area (Å²) in [5.74, 6) is 0. The molecule has 0 aromatic carbocycles. The monoisotopic (exact) mass is 225 g/mol. The highest BCUT2D eigenvalue weighted by Gasteiger charge is 2.04. The second-order valence-corrected chi connectivity index (χ2v) is 3.32. The van der Waals surface area contributed by atoms with E-state index >= 15 is 0 Å². The molecule has 14 heavy (non-hydrogen) atoms. The quantitative estimate of drug-likeness (QED) is 0.701. The van der Waals surface area contributed by atoms with Crippen LogP contribution >= 0.6 is 23.2 Å². The summed E-state index contributed by atoms with van der Waals surface area (Å²) in [4.78, 5) is 12.1. The molecular formula is C9H5Cl2N3. The van der Waals surface area contributed by atoms with E-state index in [1.807, 2.05) is 0 Å². The molecule has 0 N–H and O–H groups in total. The van der Waals surface area contributed by atoms with Gasteiger partial charge in [-0.15, -0.1) is 0 Å². The Morgan fingerprint density at radius 3 is 2.50 bits per heavy atom. The van der Waals surface area contributed by atoms with Gasteiger partial charge in [0.2, 0.25) is 0 Å². The van der Waals surface area contributed by atoms with Crippen molar-refractivity contribution < 1.29 is 0 Å². The van der Waals surface area contributed by atoms with Gasteiger partial charge in [0.1, 0.15) is 10.8 Å². The molecule has 0 saturated carbocycles. The van der Waals surface area contributed by atoms with Crippen molar-refractivity contribution in [1.82, 2.24) is 15.0 Å². The lowest BCUT2D eigenvalue weighted by atomic mass is 10.3. The van der Waals surface area contributed by atoms with Gasteiger partial charge in [-0.1, -0.05) is 23.2 Å². The highest BCUT2D eigenvalue weighted by Crippen LogP contribution is 2.22. The maximum atomic E-state index is 5.77. The van der Waals surface area contributed by atoms with E-state index in [4.69, 9.17) is 23.2 Å². The molecule has 3 nitrogen and oxygen atoms in total. The fourth-order valence-corrected chi connectivity index (χ4v) is 1.25. The molecule has 2 rings (SSSR count). The lowest BCUT2D eigenvalue weighted by Gasteiger charge is -2.00. The highest BCUT2D eigenvalue weighted by molar-refractivity contribution is 6.41. The third kappa shape index (κ3) is 1.84. The molecule has 2 aromatic rings. The van der Waals surface area contributed by atoms with Gasteiger partial charge in [-0.3, -0.25) is 9.97 Å². The van der Waals surface area contributed by atoms with Crippen molar-refractivity contribution >= 4 is 23.2 Å². The van der Waals surface area contributed by atoms with Gasteiger partial charge in [0.05, 0.1) is 16.9 Å². The van der Waals surface area contributed by atoms with Crippen molar-refractivity contribution in [1.29, 1.82) is 0 Å². The van der Waals surface area contributed by atoms with Crippen molar-refractivity contribution in [3.63, 3.8) is 0 Å². The summed E-state index contributed by atoms with van der Waals surface area (Å²) in [7, 11) is 0. The van der Waals surface area contributed by atoms with Gasteiger partial charge in [-0.25, -0.2) is 4.98 Å². The molecule has 0 aliphatic rings. The molecule has 0 bridgehead atoms. The van der Waals surface area contributed by atoms with Crippen LogP contribution in [-0.4, -0.2) is 15.0 Å². The molecule has 0 aliphatic carbocycles. The Morgan fingerprint density at radius 1 is 1.00 bits per heavy atom. The number of halogens is 2. The van der Waals surface area contributed by atoms with Crippen LogP contribution in [-0.2, 0) is 0 Å². The molecule has 2 heterocycles. The number of hydrogen-bond acceptors (Lipinski definition) is 3. The fraction of sp³-hybridized carbons (Fsp3) is 0. The van der Waals surface area contributed by atoms with Crippen molar-refractivity contribution in [2.75, 3.05) is 0 Å². The number of rotatable bonds is 1. The van der Waals surface area contributed by atoms with E-state index in [9.17, 15) is 0 Å². The van der Waals surface area contributed by atoms with Crippen molar-refractivity contribution in [3.8, 4) is 11.4 Å². The highest BCUT2D eigenvalue weighted by atomic mass is 35.5. The first-order chi connectivity index (χ1) is 6.77. The van der Waals surface area contributed by atoms with Crippen LogP contribution in [0.25, 0.3) is 11.4 Å². The van der Waals surface area contributed by atoms with E-state index in [0.29, 0.717) is 16.4 Å². The third-order valence-electron chi connectivity index (χ3n) is 1.63. The Kier molecular flexibility index (Phi) is 2.61. The normalized spacial score (nSPS) is 10.1. The zero-order valence-electron chi connectivity index (χ0n) is 6.98. The van der Waals surface area contributed by atoms with Crippen LogP contribution in [0, 0.1) is 0 Å². The van der Waals surface area contributed by atoms with E-state index in [-0.39, 0.29) is 5.15 Å². The molecular weight excluding hydrogens is 221 g/mol. The van der Waals surface area contributed by atoms with Gasteiger partial charge in [-0.05, 0) is 12.1 Å². The summed E-state index contributed by atoms with van der Waals surface area (Å²) in [6.07, 6.45) is 4.81. The summed E-state index contributed by atoms with van der Waals surface area (Å²) >= 11 is 11.5.